The maximum atomic E-state index is 11.8. The van der Waals surface area contributed by atoms with Crippen molar-refractivity contribution in [2.75, 3.05) is 0 Å². The van der Waals surface area contributed by atoms with Crippen LogP contribution in [-0.2, 0) is 16.1 Å². The molecule has 0 atom stereocenters. The second-order valence-corrected chi connectivity index (χ2v) is 11.5. The fraction of sp³-hybridized carbons (Fsp3) is 0.615. The summed E-state index contributed by atoms with van der Waals surface area (Å²) in [5, 5.41) is 1.01. The Hall–Kier alpha value is -1.15. The van der Waals surface area contributed by atoms with Gasteiger partial charge in [0.2, 0.25) is 0 Å². The highest BCUT2D eigenvalue weighted by Crippen LogP contribution is 2.56. The largest absolute Gasteiger partial charge is 0.335 e. The number of hydrogen-bond acceptors (Lipinski definition) is 1. The van der Waals surface area contributed by atoms with Gasteiger partial charge in [0.25, 0.3) is 0 Å². The molecule has 168 valence electrons. The molecular formula is C26H41O3P. The highest BCUT2D eigenvalue weighted by atomic mass is 31.2. The number of benzene rings is 2. The fourth-order valence-electron chi connectivity index (χ4n) is 3.99. The van der Waals surface area contributed by atoms with Crippen LogP contribution < -0.4 is 0 Å². The molecule has 0 bridgehead atoms. The van der Waals surface area contributed by atoms with Crippen molar-refractivity contribution >= 4 is 18.4 Å². The topological polar surface area (TPSA) is 57.5 Å². The number of aryl methyl sites for hydroxylation is 1. The lowest BCUT2D eigenvalue weighted by Gasteiger charge is -2.26. The summed E-state index contributed by atoms with van der Waals surface area (Å²) in [6, 6.07) is 12.2. The maximum Gasteiger partial charge on any atom is 0.335 e. The minimum Gasteiger partial charge on any atom is -0.324 e. The summed E-state index contributed by atoms with van der Waals surface area (Å²) >= 11 is 0. The monoisotopic (exact) mass is 432 g/mol. The van der Waals surface area contributed by atoms with Crippen LogP contribution in [-0.4, -0.2) is 9.79 Å². The summed E-state index contributed by atoms with van der Waals surface area (Å²) < 4.78 is 11.8. The van der Waals surface area contributed by atoms with Crippen molar-refractivity contribution in [1.29, 1.82) is 0 Å². The summed E-state index contributed by atoms with van der Waals surface area (Å²) in [5.41, 5.74) is 2.03. The van der Waals surface area contributed by atoms with Crippen LogP contribution in [0.2, 0.25) is 0 Å². The summed E-state index contributed by atoms with van der Waals surface area (Å²) in [4.78, 5) is 19.3. The van der Waals surface area contributed by atoms with E-state index in [2.05, 4.69) is 25.1 Å². The van der Waals surface area contributed by atoms with Gasteiger partial charge in [-0.3, -0.25) is 4.57 Å². The first kappa shape index (κ1) is 25.1. The van der Waals surface area contributed by atoms with Gasteiger partial charge in [0, 0.05) is 0 Å². The molecule has 0 amide bonds. The summed E-state index contributed by atoms with van der Waals surface area (Å²) in [6.45, 7) is 5.48. The average molecular weight is 433 g/mol. The Balaban J connectivity index is 1.75. The third-order valence-corrected chi connectivity index (χ3v) is 8.12. The van der Waals surface area contributed by atoms with Crippen LogP contribution in [0.4, 0.5) is 0 Å². The van der Waals surface area contributed by atoms with Crippen LogP contribution in [0.5, 0.6) is 0 Å². The molecule has 0 spiro atoms. The molecule has 0 saturated heterocycles. The standard InChI is InChI=1S/C26H41O3P/c1-4-5-6-7-8-9-10-11-12-13-14-15-22-16-17-24-21-25(19-18-23(24)20-22)26(2,3)30(27,28)29/h16-21H,4-15H2,1-3H3,(H2,27,28,29). The van der Waals surface area contributed by atoms with Crippen molar-refractivity contribution < 1.29 is 14.4 Å². The zero-order valence-electron chi connectivity index (χ0n) is 19.2. The van der Waals surface area contributed by atoms with Crippen molar-refractivity contribution in [2.24, 2.45) is 0 Å². The molecule has 0 heterocycles. The first-order chi connectivity index (χ1) is 14.3. The Labute approximate surface area is 183 Å². The lowest BCUT2D eigenvalue weighted by molar-refractivity contribution is 0.338. The van der Waals surface area contributed by atoms with E-state index in [4.69, 9.17) is 0 Å². The van der Waals surface area contributed by atoms with Gasteiger partial charge in [-0.15, -0.1) is 0 Å². The normalized spacial score (nSPS) is 12.6. The third-order valence-electron chi connectivity index (χ3n) is 6.41. The SMILES string of the molecule is CCCCCCCCCCCCCc1ccc2cc(C(C)(C)P(=O)(O)O)ccc2c1. The van der Waals surface area contributed by atoms with Crippen LogP contribution in [0.3, 0.4) is 0 Å². The van der Waals surface area contributed by atoms with E-state index < -0.39 is 12.8 Å². The van der Waals surface area contributed by atoms with Crippen LogP contribution in [0.1, 0.15) is 103 Å². The van der Waals surface area contributed by atoms with Gasteiger partial charge in [-0.1, -0.05) is 101 Å². The highest BCUT2D eigenvalue weighted by molar-refractivity contribution is 7.53. The van der Waals surface area contributed by atoms with E-state index in [1.807, 2.05) is 18.2 Å². The molecule has 0 saturated carbocycles. The molecule has 2 aromatic carbocycles. The molecule has 0 aliphatic rings. The maximum absolute atomic E-state index is 11.8. The summed E-state index contributed by atoms with van der Waals surface area (Å²) in [5.74, 6) is 0. The van der Waals surface area contributed by atoms with Gasteiger partial charge in [-0.2, -0.15) is 0 Å². The highest BCUT2D eigenvalue weighted by Gasteiger charge is 2.39. The fourth-order valence-corrected chi connectivity index (χ4v) is 4.47. The first-order valence-electron chi connectivity index (χ1n) is 11.8. The molecule has 30 heavy (non-hydrogen) atoms. The minimum atomic E-state index is -4.21. The first-order valence-corrected chi connectivity index (χ1v) is 13.5. The molecule has 0 unspecified atom stereocenters. The molecular weight excluding hydrogens is 391 g/mol. The second-order valence-electron chi connectivity index (χ2n) is 9.28. The Kier molecular flexibility index (Phi) is 10.1. The summed E-state index contributed by atoms with van der Waals surface area (Å²) in [6.07, 6.45) is 16.0. The van der Waals surface area contributed by atoms with E-state index in [1.54, 1.807) is 13.8 Å². The molecule has 0 aliphatic heterocycles. The van der Waals surface area contributed by atoms with E-state index in [1.165, 1.54) is 76.2 Å². The molecule has 0 aliphatic carbocycles. The second kappa shape index (κ2) is 12.0. The Morgan fingerprint density at radius 3 is 1.80 bits per heavy atom. The lowest BCUT2D eigenvalue weighted by Crippen LogP contribution is -2.17. The van der Waals surface area contributed by atoms with Crippen LogP contribution >= 0.6 is 7.60 Å². The van der Waals surface area contributed by atoms with E-state index in [9.17, 15) is 14.4 Å². The van der Waals surface area contributed by atoms with Gasteiger partial charge in [-0.25, -0.2) is 0 Å². The number of fused-ring (bicyclic) bond motifs is 1. The lowest BCUT2D eigenvalue weighted by atomic mass is 9.96. The number of rotatable bonds is 14. The minimum absolute atomic E-state index is 0.682. The van der Waals surface area contributed by atoms with Crippen molar-refractivity contribution in [2.45, 2.75) is 103 Å². The van der Waals surface area contributed by atoms with E-state index >= 15 is 0 Å². The summed E-state index contributed by atoms with van der Waals surface area (Å²) in [7, 11) is -4.21. The molecule has 0 fully saturated rings. The van der Waals surface area contributed by atoms with Gasteiger partial charge >= 0.3 is 7.60 Å². The molecule has 2 N–H and O–H groups in total. The van der Waals surface area contributed by atoms with Crippen molar-refractivity contribution in [1.82, 2.24) is 0 Å². The number of hydrogen-bond donors (Lipinski definition) is 2. The average Bonchev–Trinajstić information content (AvgIpc) is 2.70. The van der Waals surface area contributed by atoms with Crippen LogP contribution in [0, 0.1) is 0 Å². The predicted octanol–water partition coefficient (Wildman–Crippen LogP) is 8.11. The van der Waals surface area contributed by atoms with E-state index in [0.29, 0.717) is 5.56 Å². The Bertz CT molecular complexity index is 822. The van der Waals surface area contributed by atoms with Gasteiger partial charge in [0.15, 0.2) is 0 Å². The van der Waals surface area contributed by atoms with Crippen LogP contribution in [0.15, 0.2) is 36.4 Å². The molecule has 0 radical (unpaired) electrons. The van der Waals surface area contributed by atoms with Gasteiger partial charge in [0.1, 0.15) is 0 Å². The van der Waals surface area contributed by atoms with Crippen molar-refractivity contribution in [3.05, 3.63) is 47.5 Å². The van der Waals surface area contributed by atoms with E-state index in [0.717, 1.165) is 17.2 Å². The molecule has 2 aromatic rings. The molecule has 4 heteroatoms. The third kappa shape index (κ3) is 7.52. The Morgan fingerprint density at radius 1 is 0.733 bits per heavy atom. The quantitative estimate of drug-likeness (QED) is 0.234. The van der Waals surface area contributed by atoms with Crippen molar-refractivity contribution in [3.8, 4) is 0 Å². The zero-order chi connectivity index (χ0) is 22.0. The molecule has 0 aromatic heterocycles. The smallest absolute Gasteiger partial charge is 0.324 e. The van der Waals surface area contributed by atoms with Crippen LogP contribution in [0.25, 0.3) is 10.8 Å². The molecule has 3 nitrogen and oxygen atoms in total. The van der Waals surface area contributed by atoms with E-state index in [-0.39, 0.29) is 0 Å². The van der Waals surface area contributed by atoms with Crippen molar-refractivity contribution in [3.63, 3.8) is 0 Å². The Morgan fingerprint density at radius 2 is 1.23 bits per heavy atom. The molecule has 2 rings (SSSR count). The van der Waals surface area contributed by atoms with Gasteiger partial charge in [-0.05, 0) is 54.7 Å². The van der Waals surface area contributed by atoms with Gasteiger partial charge < -0.3 is 9.79 Å². The predicted molar refractivity (Wildman–Crippen MR) is 129 cm³/mol. The van der Waals surface area contributed by atoms with Gasteiger partial charge in [0.05, 0.1) is 5.16 Å². The number of unbranched alkanes of at least 4 members (excludes halogenated alkanes) is 10. The zero-order valence-corrected chi connectivity index (χ0v) is 20.1.